The minimum Gasteiger partial charge on any atom is -0.328 e. The Morgan fingerprint density at radius 2 is 2.29 bits per heavy atom. The molecule has 2 unspecified atom stereocenters. The maximum Gasteiger partial charge on any atom is 0.238 e. The maximum atomic E-state index is 13.5. The predicted octanol–water partition coefficient (Wildman–Crippen LogP) is 1.96. The first kappa shape index (κ1) is 15.9. The smallest absolute Gasteiger partial charge is 0.238 e. The quantitative estimate of drug-likeness (QED) is 0.893. The van der Waals surface area contributed by atoms with Gasteiger partial charge in [-0.3, -0.25) is 9.69 Å². The average Bonchev–Trinajstić information content (AvgIpc) is 2.43. The van der Waals surface area contributed by atoms with Crippen molar-refractivity contribution in [3.8, 4) is 0 Å². The molecule has 0 aromatic heterocycles. The Kier molecular flexibility index (Phi) is 5.25. The molecule has 0 bridgehead atoms. The lowest BCUT2D eigenvalue weighted by Crippen LogP contribution is -2.45. The predicted molar refractivity (Wildman–Crippen MR) is 77.8 cm³/mol. The molecular weight excluding hydrogens is 276 g/mol. The van der Waals surface area contributed by atoms with Gasteiger partial charge in [0.05, 0.1) is 12.2 Å². The van der Waals surface area contributed by atoms with Crippen molar-refractivity contribution in [2.45, 2.75) is 25.8 Å². The van der Waals surface area contributed by atoms with Gasteiger partial charge in [0.2, 0.25) is 5.91 Å². The van der Waals surface area contributed by atoms with Gasteiger partial charge in [-0.15, -0.1) is 0 Å². The lowest BCUT2D eigenvalue weighted by atomic mass is 9.92. The number of rotatable bonds is 4. The highest BCUT2D eigenvalue weighted by Gasteiger charge is 2.24. The molecule has 0 spiro atoms. The van der Waals surface area contributed by atoms with Crippen LogP contribution in [0, 0.1) is 17.6 Å². The number of benzene rings is 1. The van der Waals surface area contributed by atoms with Gasteiger partial charge >= 0.3 is 0 Å². The van der Waals surface area contributed by atoms with Gasteiger partial charge in [0, 0.05) is 18.7 Å². The van der Waals surface area contributed by atoms with Crippen LogP contribution in [0.4, 0.5) is 14.5 Å². The van der Waals surface area contributed by atoms with E-state index in [9.17, 15) is 13.6 Å². The lowest BCUT2D eigenvalue weighted by molar-refractivity contribution is -0.117. The van der Waals surface area contributed by atoms with Crippen molar-refractivity contribution in [1.29, 1.82) is 0 Å². The molecule has 1 saturated heterocycles. The summed E-state index contributed by atoms with van der Waals surface area (Å²) in [7, 11) is 0. The molecule has 0 saturated carbocycles. The number of halogens is 2. The number of amides is 1. The molecule has 1 aliphatic rings. The molecule has 4 nitrogen and oxygen atoms in total. The Balaban J connectivity index is 1.91. The molecular formula is C15H21F2N3O. The highest BCUT2D eigenvalue weighted by Crippen LogP contribution is 2.19. The first-order valence-corrected chi connectivity index (χ1v) is 7.18. The summed E-state index contributed by atoms with van der Waals surface area (Å²) in [6.07, 6.45) is 2.06. The Hall–Kier alpha value is -1.53. The molecule has 21 heavy (non-hydrogen) atoms. The Morgan fingerprint density at radius 1 is 1.52 bits per heavy atom. The zero-order chi connectivity index (χ0) is 15.4. The number of carbonyl (C=O) groups excluding carboxylic acids is 1. The van der Waals surface area contributed by atoms with E-state index in [1.165, 1.54) is 0 Å². The summed E-state index contributed by atoms with van der Waals surface area (Å²) in [5.74, 6) is -1.19. The fraction of sp³-hybridized carbons (Fsp3) is 0.533. The highest BCUT2D eigenvalue weighted by molar-refractivity contribution is 5.92. The number of anilines is 1. The number of hydrogen-bond donors (Lipinski definition) is 2. The van der Waals surface area contributed by atoms with Gasteiger partial charge in [0.1, 0.15) is 11.6 Å². The molecule has 116 valence electrons. The Labute approximate surface area is 123 Å². The standard InChI is InChI=1S/C15H21F2N3O/c1-10(18)11-3-2-6-20(8-11)9-15(21)19-14-7-12(16)4-5-13(14)17/h4-5,7,10-11H,2-3,6,8-9,18H2,1H3,(H,19,21). The van der Waals surface area contributed by atoms with E-state index in [-0.39, 0.29) is 24.2 Å². The molecule has 1 heterocycles. The third kappa shape index (κ3) is 4.47. The lowest BCUT2D eigenvalue weighted by Gasteiger charge is -2.34. The monoisotopic (exact) mass is 297 g/mol. The summed E-state index contributed by atoms with van der Waals surface area (Å²) in [6, 6.07) is 3.09. The van der Waals surface area contributed by atoms with Crippen LogP contribution in [0.2, 0.25) is 0 Å². The van der Waals surface area contributed by atoms with Gasteiger partial charge in [-0.05, 0) is 44.4 Å². The van der Waals surface area contributed by atoms with Crippen LogP contribution in [0.1, 0.15) is 19.8 Å². The molecule has 1 aromatic rings. The SMILES string of the molecule is CC(N)C1CCCN(CC(=O)Nc2cc(F)ccc2F)C1. The first-order chi connectivity index (χ1) is 9.95. The molecule has 6 heteroatoms. The summed E-state index contributed by atoms with van der Waals surface area (Å²) in [5.41, 5.74) is 5.78. The van der Waals surface area contributed by atoms with Gasteiger partial charge in [-0.2, -0.15) is 0 Å². The number of carbonyl (C=O) groups is 1. The minimum atomic E-state index is -0.642. The molecule has 3 N–H and O–H groups in total. The number of nitrogens with two attached hydrogens (primary N) is 1. The number of likely N-dealkylation sites (tertiary alicyclic amines) is 1. The van der Waals surface area contributed by atoms with E-state index in [1.807, 2.05) is 11.8 Å². The van der Waals surface area contributed by atoms with E-state index in [1.54, 1.807) is 0 Å². The zero-order valence-corrected chi connectivity index (χ0v) is 12.1. The zero-order valence-electron chi connectivity index (χ0n) is 12.1. The fourth-order valence-corrected chi connectivity index (χ4v) is 2.65. The largest absolute Gasteiger partial charge is 0.328 e. The molecule has 0 aliphatic carbocycles. The number of piperidine rings is 1. The van der Waals surface area contributed by atoms with Crippen molar-refractivity contribution < 1.29 is 13.6 Å². The summed E-state index contributed by atoms with van der Waals surface area (Å²) in [5, 5.41) is 2.42. The number of nitrogens with one attached hydrogen (secondary N) is 1. The molecule has 2 rings (SSSR count). The van der Waals surface area contributed by atoms with E-state index < -0.39 is 11.6 Å². The van der Waals surface area contributed by atoms with Crippen molar-refractivity contribution in [3.63, 3.8) is 0 Å². The summed E-state index contributed by atoms with van der Waals surface area (Å²) >= 11 is 0. The minimum absolute atomic E-state index is 0.0940. The van der Waals surface area contributed by atoms with E-state index in [4.69, 9.17) is 5.73 Å². The maximum absolute atomic E-state index is 13.5. The van der Waals surface area contributed by atoms with E-state index in [2.05, 4.69) is 5.32 Å². The van der Waals surface area contributed by atoms with Crippen molar-refractivity contribution in [1.82, 2.24) is 4.90 Å². The van der Waals surface area contributed by atoms with Gasteiger partial charge in [-0.1, -0.05) is 0 Å². The fourth-order valence-electron chi connectivity index (χ4n) is 2.65. The molecule has 1 fully saturated rings. The third-order valence-electron chi connectivity index (χ3n) is 3.86. The van der Waals surface area contributed by atoms with Gasteiger partial charge in [0.15, 0.2) is 0 Å². The molecule has 2 atom stereocenters. The second kappa shape index (κ2) is 6.95. The third-order valence-corrected chi connectivity index (χ3v) is 3.86. The Morgan fingerprint density at radius 3 is 3.00 bits per heavy atom. The van der Waals surface area contributed by atoms with Crippen LogP contribution in [0.3, 0.4) is 0 Å². The second-order valence-corrected chi connectivity index (χ2v) is 5.67. The van der Waals surface area contributed by atoms with Crippen molar-refractivity contribution >= 4 is 11.6 Å². The average molecular weight is 297 g/mol. The number of nitrogens with zero attached hydrogens (tertiary/aromatic N) is 1. The van der Waals surface area contributed by atoms with Gasteiger partial charge < -0.3 is 11.1 Å². The van der Waals surface area contributed by atoms with E-state index in [0.717, 1.165) is 44.1 Å². The van der Waals surface area contributed by atoms with Crippen LogP contribution in [-0.4, -0.2) is 36.5 Å². The van der Waals surface area contributed by atoms with Crippen LogP contribution < -0.4 is 11.1 Å². The molecule has 1 amide bonds. The molecule has 0 radical (unpaired) electrons. The van der Waals surface area contributed by atoms with Gasteiger partial charge in [-0.25, -0.2) is 8.78 Å². The van der Waals surface area contributed by atoms with E-state index >= 15 is 0 Å². The molecule has 1 aromatic carbocycles. The van der Waals surface area contributed by atoms with E-state index in [0.29, 0.717) is 5.92 Å². The highest BCUT2D eigenvalue weighted by atomic mass is 19.1. The summed E-state index contributed by atoms with van der Waals surface area (Å²) in [6.45, 7) is 3.72. The van der Waals surface area contributed by atoms with Crippen molar-refractivity contribution in [2.75, 3.05) is 25.0 Å². The van der Waals surface area contributed by atoms with Crippen LogP contribution in [0.15, 0.2) is 18.2 Å². The second-order valence-electron chi connectivity index (χ2n) is 5.67. The first-order valence-electron chi connectivity index (χ1n) is 7.18. The van der Waals surface area contributed by atoms with Crippen LogP contribution in [0.5, 0.6) is 0 Å². The topological polar surface area (TPSA) is 58.4 Å². The van der Waals surface area contributed by atoms with Crippen LogP contribution >= 0.6 is 0 Å². The van der Waals surface area contributed by atoms with Crippen LogP contribution in [-0.2, 0) is 4.79 Å². The van der Waals surface area contributed by atoms with Crippen molar-refractivity contribution in [2.24, 2.45) is 11.7 Å². The Bertz CT molecular complexity index is 508. The number of hydrogen-bond acceptors (Lipinski definition) is 3. The molecule has 1 aliphatic heterocycles. The van der Waals surface area contributed by atoms with Crippen LogP contribution in [0.25, 0.3) is 0 Å². The normalized spacial score (nSPS) is 21.0. The van der Waals surface area contributed by atoms with Crippen molar-refractivity contribution in [3.05, 3.63) is 29.8 Å². The van der Waals surface area contributed by atoms with Gasteiger partial charge in [0.25, 0.3) is 0 Å². The summed E-state index contributed by atoms with van der Waals surface area (Å²) < 4.78 is 26.5. The summed E-state index contributed by atoms with van der Waals surface area (Å²) in [4.78, 5) is 14.0.